The van der Waals surface area contributed by atoms with E-state index in [0.29, 0.717) is 13.2 Å². The largest absolute Gasteiger partial charge is 0.480 e. The van der Waals surface area contributed by atoms with Crippen molar-refractivity contribution in [3.63, 3.8) is 0 Å². The first-order valence-electron chi connectivity index (χ1n) is 6.46. The molecule has 0 aromatic carbocycles. The van der Waals surface area contributed by atoms with Crippen LogP contribution < -0.4 is 5.32 Å². The molecule has 1 aliphatic heterocycles. The van der Waals surface area contributed by atoms with Crippen molar-refractivity contribution in [2.45, 2.75) is 33.7 Å². The average molecular weight is 289 g/mol. The lowest BCUT2D eigenvalue weighted by atomic mass is 9.87. The number of aliphatic carboxylic acids is 1. The van der Waals surface area contributed by atoms with E-state index in [1.807, 2.05) is 6.92 Å². The van der Waals surface area contributed by atoms with Crippen molar-refractivity contribution < 1.29 is 28.9 Å². The Morgan fingerprint density at radius 1 is 1.35 bits per heavy atom. The normalized spacial score (nSPS) is 20.0. The number of ether oxygens (including phenoxy) is 3. The van der Waals surface area contributed by atoms with E-state index in [9.17, 15) is 9.59 Å². The molecule has 1 heterocycles. The first-order chi connectivity index (χ1) is 9.14. The van der Waals surface area contributed by atoms with E-state index in [1.54, 1.807) is 20.8 Å². The maximum Gasteiger partial charge on any atom is 0.407 e. The molecule has 7 nitrogen and oxygen atoms in total. The molecule has 1 aliphatic rings. The van der Waals surface area contributed by atoms with Crippen LogP contribution in [0.1, 0.15) is 27.7 Å². The maximum atomic E-state index is 11.7. The number of carboxylic acids is 1. The van der Waals surface area contributed by atoms with Gasteiger partial charge in [0.2, 0.25) is 0 Å². The van der Waals surface area contributed by atoms with Crippen LogP contribution in [0.5, 0.6) is 0 Å². The second-order valence-electron chi connectivity index (χ2n) is 6.48. The Kier molecular flexibility index (Phi) is 5.35. The third-order valence-corrected chi connectivity index (χ3v) is 2.99. The number of carboxylic acid groups (broad SMARTS) is 1. The van der Waals surface area contributed by atoms with E-state index in [0.717, 1.165) is 0 Å². The van der Waals surface area contributed by atoms with E-state index in [4.69, 9.17) is 19.3 Å². The predicted molar refractivity (Wildman–Crippen MR) is 70.2 cm³/mol. The molecule has 116 valence electrons. The standard InChI is InChI=1S/C13H23NO6/c1-12(2,3)9(10(15)16)14-11(17)20-7-13(4)5-18-8-19-6-13/h9H,5-8H2,1-4H3,(H,14,17)(H,15,16). The van der Waals surface area contributed by atoms with E-state index < -0.39 is 28.9 Å². The zero-order valence-electron chi connectivity index (χ0n) is 12.4. The molecule has 1 rings (SSSR count). The molecule has 2 N–H and O–H groups in total. The van der Waals surface area contributed by atoms with Gasteiger partial charge in [-0.15, -0.1) is 0 Å². The summed E-state index contributed by atoms with van der Waals surface area (Å²) in [5, 5.41) is 11.5. The lowest BCUT2D eigenvalue weighted by Gasteiger charge is -2.33. The molecule has 0 spiro atoms. The van der Waals surface area contributed by atoms with Crippen molar-refractivity contribution in [1.82, 2.24) is 5.32 Å². The summed E-state index contributed by atoms with van der Waals surface area (Å²) in [4.78, 5) is 22.9. The zero-order valence-corrected chi connectivity index (χ0v) is 12.4. The summed E-state index contributed by atoms with van der Waals surface area (Å²) in [6.45, 7) is 8.28. The molecule has 20 heavy (non-hydrogen) atoms. The van der Waals surface area contributed by atoms with Crippen molar-refractivity contribution >= 4 is 12.1 Å². The highest BCUT2D eigenvalue weighted by atomic mass is 16.7. The minimum absolute atomic E-state index is 0.106. The van der Waals surface area contributed by atoms with E-state index >= 15 is 0 Å². The third-order valence-electron chi connectivity index (χ3n) is 2.99. The van der Waals surface area contributed by atoms with Gasteiger partial charge >= 0.3 is 12.1 Å². The first-order valence-corrected chi connectivity index (χ1v) is 6.46. The molecule has 1 amide bonds. The van der Waals surface area contributed by atoms with Gasteiger partial charge in [0, 0.05) is 5.41 Å². The third kappa shape index (κ3) is 4.97. The van der Waals surface area contributed by atoms with Gasteiger partial charge in [0.05, 0.1) is 13.2 Å². The van der Waals surface area contributed by atoms with Crippen LogP contribution in [-0.4, -0.2) is 49.8 Å². The fourth-order valence-corrected chi connectivity index (χ4v) is 1.81. The minimum Gasteiger partial charge on any atom is -0.480 e. The second kappa shape index (κ2) is 6.41. The number of hydrogen-bond acceptors (Lipinski definition) is 5. The summed E-state index contributed by atoms with van der Waals surface area (Å²) in [6, 6.07) is -1.01. The van der Waals surface area contributed by atoms with Crippen molar-refractivity contribution in [3.8, 4) is 0 Å². The summed E-state index contributed by atoms with van der Waals surface area (Å²) >= 11 is 0. The summed E-state index contributed by atoms with van der Waals surface area (Å²) < 4.78 is 15.4. The van der Waals surface area contributed by atoms with Gasteiger partial charge in [-0.2, -0.15) is 0 Å². The van der Waals surface area contributed by atoms with Gasteiger partial charge in [0.1, 0.15) is 19.4 Å². The Morgan fingerprint density at radius 2 is 1.90 bits per heavy atom. The Balaban J connectivity index is 2.48. The second-order valence-corrected chi connectivity index (χ2v) is 6.48. The number of rotatable bonds is 4. The average Bonchev–Trinajstić information content (AvgIpc) is 2.33. The monoisotopic (exact) mass is 289 g/mol. The van der Waals surface area contributed by atoms with Crippen LogP contribution in [0.4, 0.5) is 4.79 Å². The van der Waals surface area contributed by atoms with Crippen molar-refractivity contribution in [3.05, 3.63) is 0 Å². The molecular formula is C13H23NO6. The molecule has 1 fully saturated rings. The van der Waals surface area contributed by atoms with E-state index in [2.05, 4.69) is 5.32 Å². The SMILES string of the molecule is CC1(COC(=O)NC(C(=O)O)C(C)(C)C)COCOC1. The summed E-state index contributed by atoms with van der Waals surface area (Å²) in [7, 11) is 0. The van der Waals surface area contributed by atoms with Gasteiger partial charge in [-0.3, -0.25) is 0 Å². The zero-order chi connectivity index (χ0) is 15.4. The van der Waals surface area contributed by atoms with Crippen molar-refractivity contribution in [1.29, 1.82) is 0 Å². The smallest absolute Gasteiger partial charge is 0.407 e. The number of nitrogens with one attached hydrogen (secondary N) is 1. The molecule has 0 aromatic rings. The molecule has 1 atom stereocenters. The van der Waals surface area contributed by atoms with Gasteiger partial charge in [-0.05, 0) is 5.41 Å². The highest BCUT2D eigenvalue weighted by molar-refractivity contribution is 5.80. The Hall–Kier alpha value is -1.34. The number of hydrogen-bond donors (Lipinski definition) is 2. The van der Waals surface area contributed by atoms with Gasteiger partial charge in [-0.1, -0.05) is 27.7 Å². The summed E-state index contributed by atoms with van der Waals surface area (Å²) in [6.07, 6.45) is -0.751. The molecule has 0 radical (unpaired) electrons. The Labute approximate surface area is 118 Å². The molecule has 0 aliphatic carbocycles. The fraction of sp³-hybridized carbons (Fsp3) is 0.846. The van der Waals surface area contributed by atoms with Crippen molar-refractivity contribution in [2.75, 3.05) is 26.6 Å². The number of carbonyl (C=O) groups excluding carboxylic acids is 1. The quantitative estimate of drug-likeness (QED) is 0.808. The van der Waals surface area contributed by atoms with Crippen molar-refractivity contribution in [2.24, 2.45) is 10.8 Å². The summed E-state index contributed by atoms with van der Waals surface area (Å²) in [5.74, 6) is -1.09. The molecule has 0 saturated carbocycles. The van der Waals surface area contributed by atoms with Crippen LogP contribution in [0, 0.1) is 10.8 Å². The number of amides is 1. The summed E-state index contributed by atoms with van der Waals surface area (Å²) in [5.41, 5.74) is -1.01. The first kappa shape index (κ1) is 16.7. The fourth-order valence-electron chi connectivity index (χ4n) is 1.81. The number of alkyl carbamates (subject to hydrolysis) is 1. The Morgan fingerprint density at radius 3 is 2.35 bits per heavy atom. The van der Waals surface area contributed by atoms with Crippen LogP contribution >= 0.6 is 0 Å². The molecule has 7 heteroatoms. The van der Waals surface area contributed by atoms with E-state index in [-0.39, 0.29) is 13.4 Å². The van der Waals surface area contributed by atoms with Gasteiger partial charge in [0.15, 0.2) is 0 Å². The van der Waals surface area contributed by atoms with Crippen LogP contribution in [0.25, 0.3) is 0 Å². The molecule has 0 aromatic heterocycles. The lowest BCUT2D eigenvalue weighted by Crippen LogP contribution is -2.50. The topological polar surface area (TPSA) is 94.1 Å². The maximum absolute atomic E-state index is 11.7. The molecule has 1 saturated heterocycles. The Bertz CT molecular complexity index is 356. The van der Waals surface area contributed by atoms with Gasteiger partial charge in [0.25, 0.3) is 0 Å². The predicted octanol–water partition coefficient (Wildman–Crippen LogP) is 1.22. The molecule has 0 bridgehead atoms. The van der Waals surface area contributed by atoms with Crippen LogP contribution in [0.2, 0.25) is 0 Å². The van der Waals surface area contributed by atoms with Crippen LogP contribution in [0.3, 0.4) is 0 Å². The minimum atomic E-state index is -1.09. The molecular weight excluding hydrogens is 266 g/mol. The van der Waals surface area contributed by atoms with Gasteiger partial charge in [-0.25, -0.2) is 9.59 Å². The van der Waals surface area contributed by atoms with E-state index in [1.165, 1.54) is 0 Å². The molecule has 1 unspecified atom stereocenters. The lowest BCUT2D eigenvalue weighted by molar-refractivity contribution is -0.169. The highest BCUT2D eigenvalue weighted by Gasteiger charge is 2.34. The van der Waals surface area contributed by atoms with Gasteiger partial charge < -0.3 is 24.6 Å². The number of carbonyl (C=O) groups is 2. The van der Waals surface area contributed by atoms with Crippen LogP contribution in [0.15, 0.2) is 0 Å². The van der Waals surface area contributed by atoms with Crippen LogP contribution in [-0.2, 0) is 19.0 Å². The highest BCUT2D eigenvalue weighted by Crippen LogP contribution is 2.22.